The van der Waals surface area contributed by atoms with E-state index in [1.54, 1.807) is 25.3 Å². The standard InChI is InChI=1S/C21H32ClN3O4S/c1-4-16(2)19-20(26)25(11-6-14-29-3)21(23-19)9-12-24(13-10-21)30(27,28)18-8-5-7-17(22)15-18/h5,7-8,15-16,19,23H,4,6,9-14H2,1-3H3/t16-,19+/m0/s1. The Hall–Kier alpha value is -1.19. The van der Waals surface area contributed by atoms with Crippen molar-refractivity contribution < 1.29 is 17.9 Å². The molecular weight excluding hydrogens is 426 g/mol. The normalized spacial score (nSPS) is 23.3. The van der Waals surface area contributed by atoms with Gasteiger partial charge in [0.05, 0.1) is 16.6 Å². The zero-order valence-electron chi connectivity index (χ0n) is 17.9. The van der Waals surface area contributed by atoms with E-state index in [9.17, 15) is 13.2 Å². The van der Waals surface area contributed by atoms with E-state index in [-0.39, 0.29) is 22.8 Å². The van der Waals surface area contributed by atoms with E-state index >= 15 is 0 Å². The Morgan fingerprint density at radius 1 is 1.33 bits per heavy atom. The second-order valence-electron chi connectivity index (χ2n) is 8.24. The van der Waals surface area contributed by atoms with Gasteiger partial charge in [0, 0.05) is 38.4 Å². The molecule has 0 aliphatic carbocycles. The van der Waals surface area contributed by atoms with Crippen molar-refractivity contribution in [1.29, 1.82) is 0 Å². The Morgan fingerprint density at radius 3 is 2.63 bits per heavy atom. The Bertz CT molecular complexity index is 856. The summed E-state index contributed by atoms with van der Waals surface area (Å²) in [5, 5.41) is 3.99. The molecule has 1 N–H and O–H groups in total. The van der Waals surface area contributed by atoms with Crippen LogP contribution in [0, 0.1) is 5.92 Å². The van der Waals surface area contributed by atoms with Gasteiger partial charge in [-0.05, 0) is 43.4 Å². The summed E-state index contributed by atoms with van der Waals surface area (Å²) in [5.41, 5.74) is -0.501. The van der Waals surface area contributed by atoms with Crippen molar-refractivity contribution in [3.63, 3.8) is 0 Å². The first-order chi connectivity index (χ1) is 14.2. The fourth-order valence-corrected chi connectivity index (χ4v) is 6.15. The van der Waals surface area contributed by atoms with Crippen LogP contribution in [0.15, 0.2) is 29.2 Å². The number of halogens is 1. The van der Waals surface area contributed by atoms with Crippen molar-refractivity contribution in [2.24, 2.45) is 5.92 Å². The predicted octanol–water partition coefficient (Wildman–Crippen LogP) is 2.70. The fourth-order valence-electron chi connectivity index (χ4n) is 4.41. The van der Waals surface area contributed by atoms with Crippen molar-refractivity contribution in [1.82, 2.24) is 14.5 Å². The number of sulfonamides is 1. The summed E-state index contributed by atoms with van der Waals surface area (Å²) >= 11 is 6.00. The largest absolute Gasteiger partial charge is 0.385 e. The van der Waals surface area contributed by atoms with Crippen LogP contribution in [0.1, 0.15) is 39.5 Å². The van der Waals surface area contributed by atoms with E-state index in [0.29, 0.717) is 44.1 Å². The van der Waals surface area contributed by atoms with Crippen LogP contribution in [0.25, 0.3) is 0 Å². The second kappa shape index (κ2) is 9.53. The minimum absolute atomic E-state index is 0.117. The average Bonchev–Trinajstić information content (AvgIpc) is 3.00. The molecule has 1 aromatic rings. The minimum atomic E-state index is -3.62. The molecule has 2 atom stereocenters. The molecule has 1 aromatic carbocycles. The van der Waals surface area contributed by atoms with Gasteiger partial charge in [-0.2, -0.15) is 4.31 Å². The fraction of sp³-hybridized carbons (Fsp3) is 0.667. The van der Waals surface area contributed by atoms with Gasteiger partial charge in [-0.3, -0.25) is 10.1 Å². The first kappa shape index (κ1) is 23.5. The first-order valence-corrected chi connectivity index (χ1v) is 12.4. The molecule has 7 nitrogen and oxygen atoms in total. The van der Waals surface area contributed by atoms with E-state index in [4.69, 9.17) is 16.3 Å². The number of hydrogen-bond acceptors (Lipinski definition) is 5. The van der Waals surface area contributed by atoms with E-state index < -0.39 is 15.7 Å². The highest BCUT2D eigenvalue weighted by atomic mass is 35.5. The molecule has 30 heavy (non-hydrogen) atoms. The quantitative estimate of drug-likeness (QED) is 0.607. The molecule has 0 radical (unpaired) electrons. The predicted molar refractivity (Wildman–Crippen MR) is 117 cm³/mol. The van der Waals surface area contributed by atoms with Gasteiger partial charge in [0.25, 0.3) is 0 Å². The molecule has 3 rings (SSSR count). The van der Waals surface area contributed by atoms with Crippen molar-refractivity contribution >= 4 is 27.5 Å². The zero-order valence-corrected chi connectivity index (χ0v) is 19.5. The molecule has 0 bridgehead atoms. The monoisotopic (exact) mass is 457 g/mol. The molecule has 2 aliphatic heterocycles. The van der Waals surface area contributed by atoms with Crippen LogP contribution in [0.2, 0.25) is 5.02 Å². The molecule has 2 saturated heterocycles. The maximum atomic E-state index is 13.2. The Labute approximate surface area is 184 Å². The van der Waals surface area contributed by atoms with Crippen molar-refractivity contribution in [3.05, 3.63) is 29.3 Å². The van der Waals surface area contributed by atoms with Gasteiger partial charge in [-0.1, -0.05) is 37.9 Å². The smallest absolute Gasteiger partial charge is 0.243 e. The highest BCUT2D eigenvalue weighted by Gasteiger charge is 2.53. The number of ether oxygens (including phenoxy) is 1. The third kappa shape index (κ3) is 4.53. The third-order valence-corrected chi connectivity index (χ3v) is 8.53. The third-order valence-electron chi connectivity index (χ3n) is 6.40. The number of nitrogens with zero attached hydrogens (tertiary/aromatic N) is 2. The molecule has 2 aliphatic rings. The minimum Gasteiger partial charge on any atom is -0.385 e. The number of amides is 1. The SMILES string of the molecule is CC[C@H](C)[C@H]1NC2(CCN(S(=O)(=O)c3cccc(Cl)c3)CC2)N(CCCOC)C1=O. The summed E-state index contributed by atoms with van der Waals surface area (Å²) in [7, 11) is -1.97. The number of benzene rings is 1. The molecule has 2 fully saturated rings. The second-order valence-corrected chi connectivity index (χ2v) is 10.6. The van der Waals surface area contributed by atoms with E-state index in [1.807, 2.05) is 4.90 Å². The lowest BCUT2D eigenvalue weighted by molar-refractivity contribution is -0.134. The lowest BCUT2D eigenvalue weighted by atomic mass is 9.96. The van der Waals surface area contributed by atoms with Crippen LogP contribution in [-0.4, -0.2) is 68.6 Å². The molecule has 2 heterocycles. The van der Waals surface area contributed by atoms with Crippen LogP contribution in [0.5, 0.6) is 0 Å². The highest BCUT2D eigenvalue weighted by molar-refractivity contribution is 7.89. The van der Waals surface area contributed by atoms with Crippen LogP contribution < -0.4 is 5.32 Å². The van der Waals surface area contributed by atoms with Gasteiger partial charge < -0.3 is 9.64 Å². The molecule has 0 aromatic heterocycles. The number of nitrogens with one attached hydrogen (secondary N) is 1. The molecule has 1 amide bonds. The Balaban J connectivity index is 1.78. The summed E-state index contributed by atoms with van der Waals surface area (Å²) in [6.45, 7) is 6.06. The van der Waals surface area contributed by atoms with E-state index in [0.717, 1.165) is 12.8 Å². The lowest BCUT2D eigenvalue weighted by Gasteiger charge is -2.44. The van der Waals surface area contributed by atoms with Crippen molar-refractivity contribution in [2.45, 2.75) is 56.1 Å². The number of carbonyl (C=O) groups is 1. The Kier molecular flexibility index (Phi) is 7.45. The van der Waals surface area contributed by atoms with Gasteiger partial charge in [0.2, 0.25) is 15.9 Å². The molecule has 1 spiro atoms. The van der Waals surface area contributed by atoms with Crippen LogP contribution in [-0.2, 0) is 19.6 Å². The average molecular weight is 458 g/mol. The molecule has 9 heteroatoms. The van der Waals surface area contributed by atoms with E-state index in [2.05, 4.69) is 19.2 Å². The highest BCUT2D eigenvalue weighted by Crippen LogP contribution is 2.36. The summed E-state index contributed by atoms with van der Waals surface area (Å²) in [5.74, 6) is 0.335. The molecular formula is C21H32ClN3O4S. The summed E-state index contributed by atoms with van der Waals surface area (Å²) in [6, 6.07) is 6.13. The maximum Gasteiger partial charge on any atom is 0.243 e. The van der Waals surface area contributed by atoms with Gasteiger partial charge in [-0.15, -0.1) is 0 Å². The number of rotatable bonds is 8. The van der Waals surface area contributed by atoms with Gasteiger partial charge >= 0.3 is 0 Å². The first-order valence-electron chi connectivity index (χ1n) is 10.6. The molecule has 168 valence electrons. The number of methoxy groups -OCH3 is 1. The number of piperidine rings is 1. The number of carbonyl (C=O) groups excluding carboxylic acids is 1. The number of hydrogen-bond donors (Lipinski definition) is 1. The van der Waals surface area contributed by atoms with Gasteiger partial charge in [0.1, 0.15) is 0 Å². The molecule has 0 saturated carbocycles. The zero-order chi connectivity index (χ0) is 21.9. The molecule has 0 unspecified atom stereocenters. The summed E-state index contributed by atoms with van der Waals surface area (Å²) in [4.78, 5) is 15.3. The summed E-state index contributed by atoms with van der Waals surface area (Å²) in [6.07, 6.45) is 2.76. The lowest BCUT2D eigenvalue weighted by Crippen LogP contribution is -2.59. The van der Waals surface area contributed by atoms with Crippen LogP contribution in [0.4, 0.5) is 0 Å². The van der Waals surface area contributed by atoms with Crippen LogP contribution in [0.3, 0.4) is 0 Å². The van der Waals surface area contributed by atoms with Crippen molar-refractivity contribution in [2.75, 3.05) is 33.4 Å². The topological polar surface area (TPSA) is 79.0 Å². The maximum absolute atomic E-state index is 13.2. The Morgan fingerprint density at radius 2 is 2.03 bits per heavy atom. The van der Waals surface area contributed by atoms with Crippen LogP contribution >= 0.6 is 11.6 Å². The van der Waals surface area contributed by atoms with Crippen molar-refractivity contribution in [3.8, 4) is 0 Å². The summed E-state index contributed by atoms with van der Waals surface area (Å²) < 4.78 is 32.8. The van der Waals surface area contributed by atoms with Gasteiger partial charge in [-0.25, -0.2) is 8.42 Å². The van der Waals surface area contributed by atoms with Gasteiger partial charge in [0.15, 0.2) is 0 Å². The van der Waals surface area contributed by atoms with E-state index in [1.165, 1.54) is 10.4 Å².